The normalized spacial score (nSPS) is 34.9. The molecule has 2 aromatic rings. The van der Waals surface area contributed by atoms with Crippen molar-refractivity contribution in [2.24, 2.45) is 0 Å². The molecule has 4 saturated heterocycles. The van der Waals surface area contributed by atoms with Crippen molar-refractivity contribution in [2.75, 3.05) is 13.2 Å². The highest BCUT2D eigenvalue weighted by atomic mass is 28.4. The maximum Gasteiger partial charge on any atom is 0.191 e. The SMILES string of the molecule is CC(C)(C)[Si](C)(C)OCCC[C@H]1O[C@H]2CC[C@@]3(C)O[C@H]4[C@@H](OCc5ccccc5)C[C@@H](COCc5ccccc5)O[C@@H]4C[C@@H]3O[C@@H]2CC[C@H]1O. The Hall–Kier alpha value is -1.66. The van der Waals surface area contributed by atoms with Gasteiger partial charge in [0.15, 0.2) is 8.32 Å². The monoisotopic (exact) mass is 710 g/mol. The third-order valence-corrected chi connectivity index (χ3v) is 16.5. The van der Waals surface area contributed by atoms with Crippen LogP contribution in [0, 0.1) is 0 Å². The molecule has 4 fully saturated rings. The molecule has 4 heterocycles. The third kappa shape index (κ3) is 9.46. The standard InChI is InChI=1S/C41H62O8Si/c1-40(2,3)50(5,6)45-23-13-18-33-32(42)19-20-34-35(47-33)21-22-41(4)38(48-34)25-37-39(49-41)36(44-27-30-16-11-8-12-17-30)24-31(46-37)28-43-26-29-14-9-7-10-15-29/h7-12,14-17,31-39,42H,13,18-28H2,1-6H3/t31-,32+,33+,34+,35-,36-,37+,38-,39-,41+/m0/s1. The minimum absolute atomic E-state index is 0.0864. The fourth-order valence-corrected chi connectivity index (χ4v) is 8.89. The molecule has 4 aliphatic heterocycles. The minimum Gasteiger partial charge on any atom is -0.417 e. The van der Waals surface area contributed by atoms with Gasteiger partial charge in [-0.15, -0.1) is 0 Å². The van der Waals surface area contributed by atoms with Crippen LogP contribution in [0.5, 0.6) is 0 Å². The van der Waals surface area contributed by atoms with Crippen LogP contribution < -0.4 is 0 Å². The van der Waals surface area contributed by atoms with Crippen molar-refractivity contribution >= 4 is 8.32 Å². The molecule has 2 aromatic carbocycles. The highest BCUT2D eigenvalue weighted by Crippen LogP contribution is 2.45. The summed E-state index contributed by atoms with van der Waals surface area (Å²) in [6.45, 7) is 15.9. The number of aliphatic hydroxyl groups is 1. The van der Waals surface area contributed by atoms with Gasteiger partial charge in [-0.2, -0.15) is 0 Å². The zero-order valence-electron chi connectivity index (χ0n) is 31.3. The van der Waals surface area contributed by atoms with E-state index in [0.717, 1.165) is 49.7 Å². The summed E-state index contributed by atoms with van der Waals surface area (Å²) in [6, 6.07) is 20.6. The Morgan fingerprint density at radius 3 is 2.22 bits per heavy atom. The predicted molar refractivity (Wildman–Crippen MR) is 196 cm³/mol. The molecule has 50 heavy (non-hydrogen) atoms. The van der Waals surface area contributed by atoms with Gasteiger partial charge in [-0.25, -0.2) is 0 Å². The van der Waals surface area contributed by atoms with Gasteiger partial charge in [0.1, 0.15) is 6.10 Å². The maximum atomic E-state index is 11.1. The summed E-state index contributed by atoms with van der Waals surface area (Å²) in [4.78, 5) is 0. The Balaban J connectivity index is 1.10. The average Bonchev–Trinajstić information content (AvgIpc) is 3.32. The van der Waals surface area contributed by atoms with E-state index in [1.807, 2.05) is 36.4 Å². The number of aliphatic hydroxyl groups excluding tert-OH is 1. The number of fused-ring (bicyclic) bond motifs is 3. The maximum absolute atomic E-state index is 11.1. The Kier molecular flexibility index (Phi) is 12.6. The fourth-order valence-electron chi connectivity index (χ4n) is 7.80. The van der Waals surface area contributed by atoms with Gasteiger partial charge < -0.3 is 38.0 Å². The van der Waals surface area contributed by atoms with E-state index in [1.54, 1.807) is 0 Å². The van der Waals surface area contributed by atoms with E-state index in [-0.39, 0.29) is 53.9 Å². The largest absolute Gasteiger partial charge is 0.417 e. The van der Waals surface area contributed by atoms with Gasteiger partial charge in [0.05, 0.1) is 74.3 Å². The van der Waals surface area contributed by atoms with Crippen molar-refractivity contribution in [3.8, 4) is 0 Å². The molecule has 10 atom stereocenters. The van der Waals surface area contributed by atoms with Crippen LogP contribution in [0.15, 0.2) is 60.7 Å². The molecule has 0 radical (unpaired) electrons. The first-order valence-electron chi connectivity index (χ1n) is 19.1. The molecule has 4 aliphatic rings. The lowest BCUT2D eigenvalue weighted by molar-refractivity contribution is -0.300. The van der Waals surface area contributed by atoms with E-state index in [4.69, 9.17) is 32.8 Å². The summed E-state index contributed by atoms with van der Waals surface area (Å²) in [5.41, 5.74) is 1.80. The molecule has 0 aromatic heterocycles. The van der Waals surface area contributed by atoms with Crippen LogP contribution in [0.1, 0.15) is 90.2 Å². The number of ether oxygens (including phenoxy) is 6. The molecule has 0 bridgehead atoms. The van der Waals surface area contributed by atoms with Crippen LogP contribution in [0.25, 0.3) is 0 Å². The second kappa shape index (κ2) is 16.6. The van der Waals surface area contributed by atoms with E-state index in [2.05, 4.69) is 65.1 Å². The number of hydrogen-bond donors (Lipinski definition) is 1. The molecular weight excluding hydrogens is 649 g/mol. The number of hydrogen-bond acceptors (Lipinski definition) is 8. The number of rotatable bonds is 12. The first-order chi connectivity index (χ1) is 23.9. The second-order valence-corrected chi connectivity index (χ2v) is 21.6. The van der Waals surface area contributed by atoms with Crippen LogP contribution in [-0.2, 0) is 46.1 Å². The van der Waals surface area contributed by atoms with Gasteiger partial charge in [-0.1, -0.05) is 81.4 Å². The lowest BCUT2D eigenvalue weighted by atomic mass is 9.82. The van der Waals surface area contributed by atoms with E-state index < -0.39 is 20.0 Å². The molecule has 0 amide bonds. The first kappa shape index (κ1) is 38.1. The fraction of sp³-hybridized carbons (Fsp3) is 0.707. The van der Waals surface area contributed by atoms with Gasteiger partial charge in [0.2, 0.25) is 0 Å². The molecule has 0 spiro atoms. The van der Waals surface area contributed by atoms with Gasteiger partial charge in [-0.05, 0) is 74.7 Å². The van der Waals surface area contributed by atoms with E-state index in [1.165, 1.54) is 0 Å². The number of benzene rings is 2. The van der Waals surface area contributed by atoms with E-state index in [9.17, 15) is 5.11 Å². The molecule has 9 heteroatoms. The van der Waals surface area contributed by atoms with Crippen molar-refractivity contribution in [2.45, 2.75) is 171 Å². The van der Waals surface area contributed by atoms with Gasteiger partial charge in [-0.3, -0.25) is 0 Å². The molecule has 8 nitrogen and oxygen atoms in total. The summed E-state index contributed by atoms with van der Waals surface area (Å²) in [7, 11) is -1.81. The predicted octanol–water partition coefficient (Wildman–Crippen LogP) is 7.75. The topological polar surface area (TPSA) is 84.8 Å². The second-order valence-electron chi connectivity index (χ2n) is 16.8. The lowest BCUT2D eigenvalue weighted by Gasteiger charge is -2.52. The summed E-state index contributed by atoms with van der Waals surface area (Å²) in [5, 5.41) is 11.3. The zero-order valence-corrected chi connectivity index (χ0v) is 32.3. The molecule has 0 saturated carbocycles. The van der Waals surface area contributed by atoms with Crippen LogP contribution in [0.3, 0.4) is 0 Å². The Bertz CT molecular complexity index is 1320. The molecule has 1 N–H and O–H groups in total. The van der Waals surface area contributed by atoms with Crippen molar-refractivity contribution in [1.82, 2.24) is 0 Å². The third-order valence-electron chi connectivity index (χ3n) is 12.0. The first-order valence-corrected chi connectivity index (χ1v) is 22.0. The summed E-state index contributed by atoms with van der Waals surface area (Å²) < 4.78 is 46.8. The van der Waals surface area contributed by atoms with Crippen molar-refractivity contribution in [1.29, 1.82) is 0 Å². The molecule has 278 valence electrons. The Labute approximate surface area is 301 Å². The zero-order chi connectivity index (χ0) is 35.4. The highest BCUT2D eigenvalue weighted by Gasteiger charge is 2.55. The van der Waals surface area contributed by atoms with E-state index in [0.29, 0.717) is 39.3 Å². The molecule has 0 aliphatic carbocycles. The lowest BCUT2D eigenvalue weighted by Crippen LogP contribution is -2.63. The van der Waals surface area contributed by atoms with Crippen molar-refractivity contribution in [3.63, 3.8) is 0 Å². The Morgan fingerprint density at radius 1 is 0.840 bits per heavy atom. The van der Waals surface area contributed by atoms with Crippen molar-refractivity contribution < 1.29 is 38.0 Å². The molecule has 6 rings (SSSR count). The van der Waals surface area contributed by atoms with Crippen molar-refractivity contribution in [3.05, 3.63) is 71.8 Å². The smallest absolute Gasteiger partial charge is 0.191 e. The van der Waals surface area contributed by atoms with Crippen LogP contribution in [-0.4, -0.2) is 87.2 Å². The van der Waals surface area contributed by atoms with Crippen LogP contribution in [0.2, 0.25) is 18.1 Å². The summed E-state index contributed by atoms with van der Waals surface area (Å²) in [6.07, 6.45) is 4.50. The van der Waals surface area contributed by atoms with E-state index >= 15 is 0 Å². The van der Waals surface area contributed by atoms with Gasteiger partial charge >= 0.3 is 0 Å². The van der Waals surface area contributed by atoms with Crippen LogP contribution >= 0.6 is 0 Å². The summed E-state index contributed by atoms with van der Waals surface area (Å²) in [5.74, 6) is 0. The quantitative estimate of drug-likeness (QED) is 0.177. The van der Waals surface area contributed by atoms with Gasteiger partial charge in [0, 0.05) is 19.4 Å². The Morgan fingerprint density at radius 2 is 1.52 bits per heavy atom. The van der Waals surface area contributed by atoms with Gasteiger partial charge in [0.25, 0.3) is 0 Å². The highest BCUT2D eigenvalue weighted by molar-refractivity contribution is 6.74. The summed E-state index contributed by atoms with van der Waals surface area (Å²) >= 11 is 0. The molecular formula is C41H62O8Si. The minimum atomic E-state index is -1.81. The van der Waals surface area contributed by atoms with Crippen LogP contribution in [0.4, 0.5) is 0 Å². The average molecular weight is 711 g/mol. The molecule has 0 unspecified atom stereocenters.